The van der Waals surface area contributed by atoms with Crippen molar-refractivity contribution >= 4 is 17.0 Å². The number of hydrogen-bond donors (Lipinski definition) is 0. The number of ether oxygens (including phenoxy) is 1. The van der Waals surface area contributed by atoms with Crippen LogP contribution in [0.2, 0.25) is 0 Å². The summed E-state index contributed by atoms with van der Waals surface area (Å²) >= 11 is 1.64. The molecule has 2 fully saturated rings. The maximum Gasteiger partial charge on any atom is 0.234 e. The number of rotatable bonds is 4. The number of aryl methyl sites for hydroxylation is 1. The average molecular weight is 421 g/mol. The normalized spacial score (nSPS) is 15.3. The molecule has 1 aliphatic carbocycles. The Balaban J connectivity index is 0.000000151. The Bertz CT molecular complexity index is 1030. The van der Waals surface area contributed by atoms with Crippen molar-refractivity contribution < 1.29 is 4.74 Å². The number of methoxy groups -OCH3 is 1. The summed E-state index contributed by atoms with van der Waals surface area (Å²) in [6, 6.07) is 10.7. The number of hydrogen-bond acceptors (Lipinski definition) is 8. The molecule has 154 valence electrons. The molecule has 1 aromatic carbocycles. The van der Waals surface area contributed by atoms with E-state index in [0.29, 0.717) is 17.4 Å². The van der Waals surface area contributed by atoms with Crippen molar-refractivity contribution in [3.8, 4) is 22.5 Å². The van der Waals surface area contributed by atoms with Crippen molar-refractivity contribution in [2.24, 2.45) is 0 Å². The van der Waals surface area contributed by atoms with Crippen LogP contribution < -0.4 is 9.64 Å². The van der Waals surface area contributed by atoms with Crippen LogP contribution >= 0.6 is 11.3 Å². The maximum atomic E-state index is 8.68. The number of anilines is 1. The van der Waals surface area contributed by atoms with Crippen LogP contribution in [0.1, 0.15) is 48.0 Å². The van der Waals surface area contributed by atoms with Gasteiger partial charge >= 0.3 is 0 Å². The SMILES string of the molecule is COc1nc(C2CC2)ncc1C#N.Cc1nnc(-c2ccc(N3CCCC3)cc2)s1. The van der Waals surface area contributed by atoms with Gasteiger partial charge in [-0.15, -0.1) is 10.2 Å². The third-order valence-corrected chi connectivity index (χ3v) is 6.03. The van der Waals surface area contributed by atoms with Gasteiger partial charge in [0.25, 0.3) is 0 Å². The van der Waals surface area contributed by atoms with Crippen LogP contribution in [0.25, 0.3) is 10.6 Å². The van der Waals surface area contributed by atoms with Crippen molar-refractivity contribution in [2.75, 3.05) is 25.1 Å². The predicted octanol–water partition coefficient (Wildman–Crippen LogP) is 4.35. The highest BCUT2D eigenvalue weighted by Gasteiger charge is 2.27. The molecule has 2 aliphatic rings. The smallest absolute Gasteiger partial charge is 0.234 e. The van der Waals surface area contributed by atoms with Gasteiger partial charge in [-0.25, -0.2) is 4.98 Å². The second-order valence-corrected chi connectivity index (χ2v) is 8.59. The topological polar surface area (TPSA) is 87.8 Å². The largest absolute Gasteiger partial charge is 0.480 e. The Morgan fingerprint density at radius 3 is 2.43 bits per heavy atom. The first-order chi connectivity index (χ1) is 14.7. The van der Waals surface area contributed by atoms with Gasteiger partial charge in [0.1, 0.15) is 27.5 Å². The Labute approximate surface area is 180 Å². The molecule has 0 unspecified atom stereocenters. The second-order valence-electron chi connectivity index (χ2n) is 7.40. The Kier molecular flexibility index (Phi) is 6.19. The van der Waals surface area contributed by atoms with Crippen molar-refractivity contribution in [1.82, 2.24) is 20.2 Å². The number of benzene rings is 1. The molecule has 1 saturated heterocycles. The zero-order chi connectivity index (χ0) is 20.9. The fourth-order valence-corrected chi connectivity index (χ4v) is 4.05. The van der Waals surface area contributed by atoms with Gasteiger partial charge in [0.05, 0.1) is 13.3 Å². The number of nitriles is 1. The Morgan fingerprint density at radius 2 is 1.87 bits per heavy atom. The minimum atomic E-state index is 0.388. The molecule has 0 atom stereocenters. The van der Waals surface area contributed by atoms with Gasteiger partial charge in [-0.2, -0.15) is 10.2 Å². The zero-order valence-corrected chi connectivity index (χ0v) is 18.0. The monoisotopic (exact) mass is 420 g/mol. The molecule has 1 saturated carbocycles. The molecule has 0 spiro atoms. The van der Waals surface area contributed by atoms with Gasteiger partial charge in [0.15, 0.2) is 0 Å². The summed E-state index contributed by atoms with van der Waals surface area (Å²) in [5, 5.41) is 18.9. The van der Waals surface area contributed by atoms with Crippen molar-refractivity contribution in [3.63, 3.8) is 0 Å². The third kappa shape index (κ3) is 4.74. The van der Waals surface area contributed by atoms with E-state index in [1.807, 2.05) is 13.0 Å². The van der Waals surface area contributed by atoms with Crippen LogP contribution in [-0.2, 0) is 0 Å². The summed E-state index contributed by atoms with van der Waals surface area (Å²) in [4.78, 5) is 10.7. The summed E-state index contributed by atoms with van der Waals surface area (Å²) in [7, 11) is 1.51. The number of aromatic nitrogens is 4. The van der Waals surface area contributed by atoms with Gasteiger partial charge in [-0.3, -0.25) is 0 Å². The lowest BCUT2D eigenvalue weighted by Gasteiger charge is -2.17. The highest BCUT2D eigenvalue weighted by Crippen LogP contribution is 2.38. The third-order valence-electron chi connectivity index (χ3n) is 5.14. The van der Waals surface area contributed by atoms with E-state index >= 15 is 0 Å². The highest BCUT2D eigenvalue weighted by atomic mass is 32.1. The van der Waals surface area contributed by atoms with Gasteiger partial charge in [-0.1, -0.05) is 11.3 Å². The first-order valence-electron chi connectivity index (χ1n) is 10.1. The van der Waals surface area contributed by atoms with E-state index in [4.69, 9.17) is 10.00 Å². The lowest BCUT2D eigenvalue weighted by molar-refractivity contribution is 0.393. The van der Waals surface area contributed by atoms with Crippen LogP contribution in [0.15, 0.2) is 30.5 Å². The molecule has 0 N–H and O–H groups in total. The van der Waals surface area contributed by atoms with Crippen molar-refractivity contribution in [2.45, 2.75) is 38.5 Å². The molecule has 7 nitrogen and oxygen atoms in total. The van der Waals surface area contributed by atoms with Crippen molar-refractivity contribution in [1.29, 1.82) is 5.26 Å². The van der Waals surface area contributed by atoms with Gasteiger partial charge in [-0.05, 0) is 56.9 Å². The van der Waals surface area contributed by atoms with Crippen LogP contribution in [0.5, 0.6) is 5.88 Å². The fraction of sp³-hybridized carbons (Fsp3) is 0.409. The Morgan fingerprint density at radius 1 is 1.13 bits per heavy atom. The van der Waals surface area contributed by atoms with E-state index in [1.165, 1.54) is 50.5 Å². The lowest BCUT2D eigenvalue weighted by atomic mass is 10.2. The summed E-state index contributed by atoms with van der Waals surface area (Å²) in [6.07, 6.45) is 6.46. The van der Waals surface area contributed by atoms with E-state index in [1.54, 1.807) is 11.3 Å². The molecule has 3 aromatic rings. The summed E-state index contributed by atoms with van der Waals surface area (Å²) in [5.41, 5.74) is 2.89. The average Bonchev–Trinajstić information content (AvgIpc) is 3.31. The second kappa shape index (κ2) is 9.18. The summed E-state index contributed by atoms with van der Waals surface area (Å²) in [6.45, 7) is 4.37. The predicted molar refractivity (Wildman–Crippen MR) is 117 cm³/mol. The lowest BCUT2D eigenvalue weighted by Crippen LogP contribution is -2.17. The van der Waals surface area contributed by atoms with E-state index in [-0.39, 0.29) is 0 Å². The summed E-state index contributed by atoms with van der Waals surface area (Å²) in [5.74, 6) is 1.68. The zero-order valence-electron chi connectivity index (χ0n) is 17.2. The fourth-order valence-electron chi connectivity index (χ4n) is 3.35. The molecule has 5 rings (SSSR count). The van der Waals surface area contributed by atoms with Gasteiger partial charge in [0, 0.05) is 30.3 Å². The van der Waals surface area contributed by atoms with Crippen LogP contribution in [0, 0.1) is 18.3 Å². The number of nitrogens with zero attached hydrogens (tertiary/aromatic N) is 6. The van der Waals surface area contributed by atoms with Crippen molar-refractivity contribution in [3.05, 3.63) is 46.9 Å². The minimum Gasteiger partial charge on any atom is -0.480 e. The van der Waals surface area contributed by atoms with E-state index in [0.717, 1.165) is 28.7 Å². The molecule has 0 radical (unpaired) electrons. The Hall–Kier alpha value is -3.05. The molecule has 0 bridgehead atoms. The van der Waals surface area contributed by atoms with Gasteiger partial charge < -0.3 is 9.64 Å². The molecule has 3 heterocycles. The van der Waals surface area contributed by atoms with Crippen LogP contribution in [0.4, 0.5) is 5.69 Å². The quantitative estimate of drug-likeness (QED) is 0.620. The van der Waals surface area contributed by atoms with Gasteiger partial charge in [0.2, 0.25) is 5.88 Å². The van der Waals surface area contributed by atoms with E-state index < -0.39 is 0 Å². The van der Waals surface area contributed by atoms with Crippen LogP contribution in [0.3, 0.4) is 0 Å². The summed E-state index contributed by atoms with van der Waals surface area (Å²) < 4.78 is 4.98. The first-order valence-corrected chi connectivity index (χ1v) is 11.0. The molecule has 2 aromatic heterocycles. The maximum absolute atomic E-state index is 8.68. The van der Waals surface area contributed by atoms with Crippen LogP contribution in [-0.4, -0.2) is 40.4 Å². The molecular formula is C22H24N6OS. The standard InChI is InChI=1S/C13H15N3S.C9H9N3O/c1-10-14-15-13(17-10)11-4-6-12(7-5-11)16-8-2-3-9-16;1-13-9-7(4-10)5-11-8(12-9)6-2-3-6/h4-7H,2-3,8-9H2,1H3;5-6H,2-3H2,1H3. The van der Waals surface area contributed by atoms with E-state index in [2.05, 4.69) is 49.3 Å². The molecule has 30 heavy (non-hydrogen) atoms. The van der Waals surface area contributed by atoms with E-state index in [9.17, 15) is 0 Å². The molecule has 8 heteroatoms. The minimum absolute atomic E-state index is 0.388. The molecular weight excluding hydrogens is 396 g/mol. The highest BCUT2D eigenvalue weighted by molar-refractivity contribution is 7.14. The molecule has 0 amide bonds. The first kappa shape index (κ1) is 20.2. The molecule has 1 aliphatic heterocycles.